The Morgan fingerprint density at radius 1 is 1.24 bits per heavy atom. The summed E-state index contributed by atoms with van der Waals surface area (Å²) in [4.78, 5) is 0.381. The van der Waals surface area contributed by atoms with E-state index in [1.165, 1.54) is 31.2 Å². The molecular weight excluding hydrogens is 344 g/mol. The Bertz CT molecular complexity index is 339. The SMILES string of the molecule is CCCCCCC(Br)c1cc(Br)ccc1OC. The molecule has 0 N–H and O–H groups in total. The third-order valence-corrected chi connectivity index (χ3v) is 4.28. The fourth-order valence-electron chi connectivity index (χ4n) is 1.86. The molecule has 1 aromatic carbocycles. The Morgan fingerprint density at radius 2 is 2.00 bits per heavy atom. The minimum Gasteiger partial charge on any atom is -0.496 e. The number of benzene rings is 1. The van der Waals surface area contributed by atoms with E-state index < -0.39 is 0 Å². The van der Waals surface area contributed by atoms with E-state index in [0.717, 1.165) is 16.6 Å². The summed E-state index contributed by atoms with van der Waals surface area (Å²) in [6.07, 6.45) is 6.35. The molecular formula is C14H20Br2O. The predicted octanol–water partition coefficient (Wildman–Crippen LogP) is 5.86. The van der Waals surface area contributed by atoms with Gasteiger partial charge in [-0.3, -0.25) is 0 Å². The molecule has 0 amide bonds. The Hall–Kier alpha value is -0.0200. The molecule has 0 aliphatic rings. The molecule has 0 aromatic heterocycles. The van der Waals surface area contributed by atoms with Crippen molar-refractivity contribution in [3.05, 3.63) is 28.2 Å². The summed E-state index contributed by atoms with van der Waals surface area (Å²) >= 11 is 7.27. The van der Waals surface area contributed by atoms with Crippen LogP contribution >= 0.6 is 31.9 Å². The van der Waals surface area contributed by atoms with E-state index in [1.807, 2.05) is 12.1 Å². The van der Waals surface area contributed by atoms with Gasteiger partial charge in [-0.25, -0.2) is 0 Å². The average molecular weight is 364 g/mol. The van der Waals surface area contributed by atoms with E-state index in [9.17, 15) is 0 Å². The molecule has 0 spiro atoms. The van der Waals surface area contributed by atoms with E-state index in [0.29, 0.717) is 4.83 Å². The van der Waals surface area contributed by atoms with Crippen LogP contribution in [0.1, 0.15) is 49.4 Å². The van der Waals surface area contributed by atoms with Crippen LogP contribution in [0.5, 0.6) is 5.75 Å². The van der Waals surface area contributed by atoms with E-state index in [1.54, 1.807) is 7.11 Å². The summed E-state index contributed by atoms with van der Waals surface area (Å²) in [5, 5.41) is 0. The third kappa shape index (κ3) is 5.01. The largest absolute Gasteiger partial charge is 0.496 e. The number of alkyl halides is 1. The smallest absolute Gasteiger partial charge is 0.123 e. The number of halogens is 2. The molecule has 0 saturated carbocycles. The van der Waals surface area contributed by atoms with E-state index in [2.05, 4.69) is 44.8 Å². The van der Waals surface area contributed by atoms with Crippen LogP contribution in [0.3, 0.4) is 0 Å². The molecule has 96 valence electrons. The second kappa shape index (κ2) is 8.15. The lowest BCUT2D eigenvalue weighted by molar-refractivity contribution is 0.408. The van der Waals surface area contributed by atoms with Crippen molar-refractivity contribution in [2.45, 2.75) is 43.9 Å². The lowest BCUT2D eigenvalue weighted by atomic mass is 10.0. The third-order valence-electron chi connectivity index (χ3n) is 2.84. The highest BCUT2D eigenvalue weighted by molar-refractivity contribution is 9.10. The maximum absolute atomic E-state index is 5.40. The summed E-state index contributed by atoms with van der Waals surface area (Å²) in [6, 6.07) is 6.16. The molecule has 0 heterocycles. The van der Waals surface area contributed by atoms with Gasteiger partial charge in [-0.1, -0.05) is 64.5 Å². The van der Waals surface area contributed by atoms with Gasteiger partial charge in [0.15, 0.2) is 0 Å². The Kier molecular flexibility index (Phi) is 7.21. The zero-order valence-electron chi connectivity index (χ0n) is 10.5. The molecule has 0 fully saturated rings. The molecule has 1 aromatic rings. The number of rotatable bonds is 7. The van der Waals surface area contributed by atoms with Crippen molar-refractivity contribution in [3.8, 4) is 5.75 Å². The van der Waals surface area contributed by atoms with E-state index in [-0.39, 0.29) is 0 Å². The second-order valence-electron chi connectivity index (χ2n) is 4.20. The molecule has 0 aliphatic heterocycles. The van der Waals surface area contributed by atoms with Gasteiger partial charge in [0, 0.05) is 14.9 Å². The Labute approximate surface area is 121 Å². The van der Waals surface area contributed by atoms with Crippen LogP contribution in [0.15, 0.2) is 22.7 Å². The minimum atomic E-state index is 0.381. The highest BCUT2D eigenvalue weighted by Gasteiger charge is 2.13. The quantitative estimate of drug-likeness (QED) is 0.435. The monoisotopic (exact) mass is 362 g/mol. The maximum atomic E-state index is 5.40. The lowest BCUT2D eigenvalue weighted by Gasteiger charge is -2.14. The molecule has 0 bridgehead atoms. The number of methoxy groups -OCH3 is 1. The summed E-state index contributed by atoms with van der Waals surface area (Å²) in [5.74, 6) is 0.963. The van der Waals surface area contributed by atoms with Gasteiger partial charge in [0.2, 0.25) is 0 Å². The van der Waals surface area contributed by atoms with Crippen LogP contribution in [-0.4, -0.2) is 7.11 Å². The summed E-state index contributed by atoms with van der Waals surface area (Å²) in [6.45, 7) is 2.24. The van der Waals surface area contributed by atoms with Crippen LogP contribution in [0.2, 0.25) is 0 Å². The fourth-order valence-corrected chi connectivity index (χ4v) is 2.92. The van der Waals surface area contributed by atoms with Crippen LogP contribution in [-0.2, 0) is 0 Å². The first-order valence-electron chi connectivity index (χ1n) is 6.16. The second-order valence-corrected chi connectivity index (χ2v) is 6.22. The van der Waals surface area contributed by atoms with Crippen molar-refractivity contribution < 1.29 is 4.74 Å². The zero-order chi connectivity index (χ0) is 12.7. The van der Waals surface area contributed by atoms with Crippen LogP contribution in [0.4, 0.5) is 0 Å². The van der Waals surface area contributed by atoms with Gasteiger partial charge in [-0.05, 0) is 24.6 Å². The Balaban J connectivity index is 2.60. The summed E-state index contributed by atoms with van der Waals surface area (Å²) < 4.78 is 6.50. The topological polar surface area (TPSA) is 9.23 Å². The van der Waals surface area contributed by atoms with E-state index in [4.69, 9.17) is 4.74 Å². The number of unbranched alkanes of at least 4 members (excludes halogenated alkanes) is 3. The maximum Gasteiger partial charge on any atom is 0.123 e. The first-order chi connectivity index (χ1) is 8.19. The zero-order valence-corrected chi connectivity index (χ0v) is 13.7. The van der Waals surface area contributed by atoms with Crippen molar-refractivity contribution >= 4 is 31.9 Å². The average Bonchev–Trinajstić information content (AvgIpc) is 2.34. The number of ether oxygens (including phenoxy) is 1. The van der Waals surface area contributed by atoms with Gasteiger partial charge < -0.3 is 4.74 Å². The van der Waals surface area contributed by atoms with Crippen molar-refractivity contribution in [1.82, 2.24) is 0 Å². The van der Waals surface area contributed by atoms with Crippen molar-refractivity contribution in [3.63, 3.8) is 0 Å². The first-order valence-corrected chi connectivity index (χ1v) is 7.87. The van der Waals surface area contributed by atoms with E-state index >= 15 is 0 Å². The van der Waals surface area contributed by atoms with Gasteiger partial charge in [-0.2, -0.15) is 0 Å². The molecule has 0 saturated heterocycles. The molecule has 1 rings (SSSR count). The molecule has 0 aliphatic carbocycles. The van der Waals surface area contributed by atoms with Crippen LogP contribution in [0, 0.1) is 0 Å². The van der Waals surface area contributed by atoms with Crippen molar-refractivity contribution in [2.75, 3.05) is 7.11 Å². The number of hydrogen-bond donors (Lipinski definition) is 0. The van der Waals surface area contributed by atoms with Gasteiger partial charge in [0.1, 0.15) is 5.75 Å². The van der Waals surface area contributed by atoms with Gasteiger partial charge >= 0.3 is 0 Å². The molecule has 17 heavy (non-hydrogen) atoms. The first kappa shape index (κ1) is 15.0. The normalized spacial score (nSPS) is 12.5. The molecule has 3 heteroatoms. The highest BCUT2D eigenvalue weighted by atomic mass is 79.9. The van der Waals surface area contributed by atoms with Gasteiger partial charge in [0.05, 0.1) is 7.11 Å². The standard InChI is InChI=1S/C14H20Br2O/c1-3-4-5-6-7-13(16)12-10-11(15)8-9-14(12)17-2/h8-10,13H,3-7H2,1-2H3. The molecule has 1 unspecified atom stereocenters. The lowest BCUT2D eigenvalue weighted by Crippen LogP contribution is -1.95. The highest BCUT2D eigenvalue weighted by Crippen LogP contribution is 2.36. The molecule has 0 radical (unpaired) electrons. The minimum absolute atomic E-state index is 0.381. The van der Waals surface area contributed by atoms with Gasteiger partial charge in [0.25, 0.3) is 0 Å². The van der Waals surface area contributed by atoms with Gasteiger partial charge in [-0.15, -0.1) is 0 Å². The van der Waals surface area contributed by atoms with Crippen LogP contribution in [0.25, 0.3) is 0 Å². The summed E-state index contributed by atoms with van der Waals surface area (Å²) in [7, 11) is 1.73. The summed E-state index contributed by atoms with van der Waals surface area (Å²) in [5.41, 5.74) is 1.23. The van der Waals surface area contributed by atoms with Crippen molar-refractivity contribution in [2.24, 2.45) is 0 Å². The predicted molar refractivity (Wildman–Crippen MR) is 81.1 cm³/mol. The number of hydrogen-bond acceptors (Lipinski definition) is 1. The van der Waals surface area contributed by atoms with Crippen LogP contribution < -0.4 is 4.74 Å². The van der Waals surface area contributed by atoms with Crippen molar-refractivity contribution in [1.29, 1.82) is 0 Å². The fraction of sp³-hybridized carbons (Fsp3) is 0.571. The molecule has 1 atom stereocenters. The Morgan fingerprint density at radius 3 is 2.65 bits per heavy atom. The molecule has 1 nitrogen and oxygen atoms in total.